The SMILES string of the molecule is CN1CCN(C(=O)c2cncc(N3C[C@@H](Cc4cnccn4)[C@H](O)C3)n2)CC1. The van der Waals surface area contributed by atoms with Crippen molar-refractivity contribution in [1.29, 1.82) is 0 Å². The minimum absolute atomic E-state index is 0.0375. The first-order chi connectivity index (χ1) is 13.6. The van der Waals surface area contributed by atoms with Gasteiger partial charge in [-0.05, 0) is 13.5 Å². The van der Waals surface area contributed by atoms with Crippen LogP contribution in [0.1, 0.15) is 16.2 Å². The zero-order chi connectivity index (χ0) is 19.5. The van der Waals surface area contributed by atoms with E-state index < -0.39 is 6.10 Å². The summed E-state index contributed by atoms with van der Waals surface area (Å²) in [7, 11) is 2.05. The lowest BCUT2D eigenvalue weighted by Crippen LogP contribution is -2.47. The van der Waals surface area contributed by atoms with Crippen molar-refractivity contribution in [2.24, 2.45) is 5.92 Å². The maximum Gasteiger partial charge on any atom is 0.274 e. The summed E-state index contributed by atoms with van der Waals surface area (Å²) in [6.45, 7) is 4.22. The summed E-state index contributed by atoms with van der Waals surface area (Å²) in [6, 6.07) is 0. The van der Waals surface area contributed by atoms with E-state index in [9.17, 15) is 9.90 Å². The van der Waals surface area contributed by atoms with E-state index in [0.29, 0.717) is 44.1 Å². The lowest BCUT2D eigenvalue weighted by molar-refractivity contribution is 0.0658. The maximum atomic E-state index is 12.8. The number of nitrogens with zero attached hydrogens (tertiary/aromatic N) is 7. The predicted octanol–water partition coefficient (Wildman–Crippen LogP) is -0.306. The number of anilines is 1. The number of rotatable bonds is 4. The predicted molar refractivity (Wildman–Crippen MR) is 103 cm³/mol. The average Bonchev–Trinajstić information content (AvgIpc) is 3.09. The van der Waals surface area contributed by atoms with Crippen LogP contribution in [0.2, 0.25) is 0 Å². The fraction of sp³-hybridized carbons (Fsp3) is 0.526. The first kappa shape index (κ1) is 18.7. The Hall–Kier alpha value is -2.65. The Labute approximate surface area is 164 Å². The highest BCUT2D eigenvalue weighted by Crippen LogP contribution is 2.25. The molecule has 4 rings (SSSR count). The summed E-state index contributed by atoms with van der Waals surface area (Å²) in [5, 5.41) is 10.5. The summed E-state index contributed by atoms with van der Waals surface area (Å²) in [6.07, 6.45) is 8.36. The Kier molecular flexibility index (Phi) is 5.45. The number of aliphatic hydroxyl groups is 1. The molecule has 0 radical (unpaired) electrons. The Bertz CT molecular complexity index is 811. The van der Waals surface area contributed by atoms with E-state index in [1.165, 1.54) is 6.20 Å². The molecule has 2 aromatic rings. The van der Waals surface area contributed by atoms with E-state index in [1.807, 2.05) is 9.80 Å². The van der Waals surface area contributed by atoms with E-state index in [4.69, 9.17) is 0 Å². The second-order valence-electron chi connectivity index (χ2n) is 7.49. The molecule has 148 valence electrons. The Morgan fingerprint density at radius 3 is 2.68 bits per heavy atom. The maximum absolute atomic E-state index is 12.8. The van der Waals surface area contributed by atoms with Gasteiger partial charge in [0.05, 0.1) is 24.2 Å². The number of likely N-dealkylation sites (N-methyl/N-ethyl adjacent to an activating group) is 1. The number of aromatic nitrogens is 4. The molecule has 1 amide bonds. The molecular formula is C19H25N7O2. The summed E-state index contributed by atoms with van der Waals surface area (Å²) < 4.78 is 0. The van der Waals surface area contributed by atoms with Gasteiger partial charge in [0.1, 0.15) is 11.5 Å². The van der Waals surface area contributed by atoms with Crippen molar-refractivity contribution in [2.75, 3.05) is 51.2 Å². The van der Waals surface area contributed by atoms with Crippen molar-refractivity contribution in [3.8, 4) is 0 Å². The third kappa shape index (κ3) is 4.10. The first-order valence-corrected chi connectivity index (χ1v) is 9.58. The number of carbonyl (C=O) groups excluding carboxylic acids is 1. The average molecular weight is 383 g/mol. The first-order valence-electron chi connectivity index (χ1n) is 9.58. The van der Waals surface area contributed by atoms with Crippen LogP contribution in [-0.2, 0) is 6.42 Å². The van der Waals surface area contributed by atoms with Crippen molar-refractivity contribution in [3.63, 3.8) is 0 Å². The van der Waals surface area contributed by atoms with Gasteiger partial charge in [-0.15, -0.1) is 0 Å². The third-order valence-corrected chi connectivity index (χ3v) is 5.45. The molecule has 0 bridgehead atoms. The lowest BCUT2D eigenvalue weighted by Gasteiger charge is -2.32. The van der Waals surface area contributed by atoms with Crippen LogP contribution in [0.5, 0.6) is 0 Å². The van der Waals surface area contributed by atoms with Crippen LogP contribution >= 0.6 is 0 Å². The second-order valence-corrected chi connectivity index (χ2v) is 7.49. The van der Waals surface area contributed by atoms with Crippen molar-refractivity contribution in [3.05, 3.63) is 42.4 Å². The van der Waals surface area contributed by atoms with Crippen molar-refractivity contribution in [1.82, 2.24) is 29.7 Å². The molecule has 0 unspecified atom stereocenters. The number of amides is 1. The van der Waals surface area contributed by atoms with Crippen LogP contribution in [0, 0.1) is 5.92 Å². The quantitative estimate of drug-likeness (QED) is 0.768. The molecule has 4 heterocycles. The van der Waals surface area contributed by atoms with Gasteiger partial charge < -0.3 is 19.8 Å². The smallest absolute Gasteiger partial charge is 0.274 e. The van der Waals surface area contributed by atoms with Gasteiger partial charge in [-0.25, -0.2) is 4.98 Å². The van der Waals surface area contributed by atoms with Gasteiger partial charge in [0.15, 0.2) is 0 Å². The van der Waals surface area contributed by atoms with Gasteiger partial charge in [-0.1, -0.05) is 0 Å². The van der Waals surface area contributed by atoms with E-state index in [-0.39, 0.29) is 11.8 Å². The van der Waals surface area contributed by atoms with E-state index >= 15 is 0 Å². The molecular weight excluding hydrogens is 358 g/mol. The molecule has 0 aliphatic carbocycles. The van der Waals surface area contributed by atoms with Crippen LogP contribution < -0.4 is 4.90 Å². The fourth-order valence-corrected chi connectivity index (χ4v) is 3.73. The van der Waals surface area contributed by atoms with Crippen LogP contribution in [0.4, 0.5) is 5.82 Å². The molecule has 2 atom stereocenters. The topological polar surface area (TPSA) is 98.6 Å². The second kappa shape index (κ2) is 8.15. The molecule has 9 nitrogen and oxygen atoms in total. The minimum atomic E-state index is -0.485. The molecule has 2 aliphatic rings. The number of carbonyl (C=O) groups is 1. The molecule has 2 saturated heterocycles. The number of β-amino-alcohol motifs (C(OH)–C–C–N with tert-alkyl or cyclic N) is 1. The van der Waals surface area contributed by atoms with E-state index in [0.717, 1.165) is 18.8 Å². The lowest BCUT2D eigenvalue weighted by atomic mass is 10.0. The van der Waals surface area contributed by atoms with E-state index in [1.54, 1.807) is 24.8 Å². The standard InChI is InChI=1S/C19H25N7O2/c1-24-4-6-25(7-5-24)19(28)16-10-21-11-18(23-16)26-12-14(17(27)13-26)8-15-9-20-2-3-22-15/h2-3,9-11,14,17,27H,4-8,12-13H2,1H3/t14-,17-/m1/s1. The molecule has 0 aromatic carbocycles. The zero-order valence-corrected chi connectivity index (χ0v) is 16.0. The highest BCUT2D eigenvalue weighted by atomic mass is 16.3. The molecule has 2 aliphatic heterocycles. The van der Waals surface area contributed by atoms with Crippen LogP contribution in [0.25, 0.3) is 0 Å². The fourth-order valence-electron chi connectivity index (χ4n) is 3.73. The van der Waals surface area contributed by atoms with Crippen molar-refractivity contribution in [2.45, 2.75) is 12.5 Å². The van der Waals surface area contributed by atoms with Gasteiger partial charge in [0, 0.05) is 63.8 Å². The van der Waals surface area contributed by atoms with Gasteiger partial charge in [-0.3, -0.25) is 19.7 Å². The Morgan fingerprint density at radius 1 is 1.11 bits per heavy atom. The molecule has 9 heteroatoms. The summed E-state index contributed by atoms with van der Waals surface area (Å²) in [5.74, 6) is 0.578. The molecule has 0 saturated carbocycles. The number of aliphatic hydroxyl groups excluding tert-OH is 1. The molecule has 0 spiro atoms. The number of hydrogen-bond acceptors (Lipinski definition) is 8. The van der Waals surface area contributed by atoms with Crippen LogP contribution in [-0.4, -0.2) is 93.2 Å². The number of hydrogen-bond donors (Lipinski definition) is 1. The minimum Gasteiger partial charge on any atom is -0.391 e. The molecule has 1 N–H and O–H groups in total. The summed E-state index contributed by atoms with van der Waals surface area (Å²) >= 11 is 0. The molecule has 28 heavy (non-hydrogen) atoms. The van der Waals surface area contributed by atoms with Gasteiger partial charge in [0.2, 0.25) is 0 Å². The monoisotopic (exact) mass is 383 g/mol. The van der Waals surface area contributed by atoms with E-state index in [2.05, 4.69) is 31.9 Å². The summed E-state index contributed by atoms with van der Waals surface area (Å²) in [4.78, 5) is 35.9. The van der Waals surface area contributed by atoms with Crippen molar-refractivity contribution >= 4 is 11.7 Å². The molecule has 2 fully saturated rings. The Balaban J connectivity index is 1.43. The highest BCUT2D eigenvalue weighted by Gasteiger charge is 2.33. The largest absolute Gasteiger partial charge is 0.391 e. The van der Waals surface area contributed by atoms with Gasteiger partial charge >= 0.3 is 0 Å². The van der Waals surface area contributed by atoms with Gasteiger partial charge in [0.25, 0.3) is 5.91 Å². The Morgan fingerprint density at radius 2 is 1.93 bits per heavy atom. The normalized spacial score (nSPS) is 23.2. The zero-order valence-electron chi connectivity index (χ0n) is 16.0. The van der Waals surface area contributed by atoms with Crippen LogP contribution in [0.15, 0.2) is 31.0 Å². The molecule has 2 aromatic heterocycles. The highest BCUT2D eigenvalue weighted by molar-refractivity contribution is 5.92. The third-order valence-electron chi connectivity index (χ3n) is 5.45. The van der Waals surface area contributed by atoms with Crippen molar-refractivity contribution < 1.29 is 9.90 Å². The van der Waals surface area contributed by atoms with Crippen LogP contribution in [0.3, 0.4) is 0 Å². The number of piperazine rings is 1. The summed E-state index contributed by atoms with van der Waals surface area (Å²) in [5.41, 5.74) is 1.22. The van der Waals surface area contributed by atoms with Gasteiger partial charge in [-0.2, -0.15) is 0 Å².